The molecule has 1 saturated heterocycles. The van der Waals surface area contributed by atoms with E-state index in [4.69, 9.17) is 4.74 Å². The van der Waals surface area contributed by atoms with Gasteiger partial charge in [-0.15, -0.1) is 0 Å². The van der Waals surface area contributed by atoms with Crippen molar-refractivity contribution in [2.45, 2.75) is 58.0 Å². The smallest absolute Gasteiger partial charge is 0.243 e. The number of nitrogens with zero attached hydrogens (tertiary/aromatic N) is 2. The van der Waals surface area contributed by atoms with E-state index in [1.54, 1.807) is 19.0 Å². The number of nitrogens with one attached hydrogen (secondary N) is 2. The number of guanidine groups is 1. The van der Waals surface area contributed by atoms with Gasteiger partial charge in [-0.2, -0.15) is 0 Å². The van der Waals surface area contributed by atoms with Gasteiger partial charge in [0.2, 0.25) is 5.91 Å². The van der Waals surface area contributed by atoms with Crippen LogP contribution in [0.15, 0.2) is 4.99 Å². The van der Waals surface area contributed by atoms with Crippen molar-refractivity contribution in [3.63, 3.8) is 0 Å². The first-order chi connectivity index (χ1) is 11.5. The molecule has 0 aromatic carbocycles. The molecule has 1 heterocycles. The van der Waals surface area contributed by atoms with Gasteiger partial charge in [-0.3, -0.25) is 4.79 Å². The summed E-state index contributed by atoms with van der Waals surface area (Å²) in [4.78, 5) is 17.9. The summed E-state index contributed by atoms with van der Waals surface area (Å²) in [6.45, 7) is 4.96. The molecule has 2 fully saturated rings. The highest BCUT2D eigenvalue weighted by Crippen LogP contribution is 2.42. The molecule has 2 rings (SSSR count). The van der Waals surface area contributed by atoms with Crippen LogP contribution in [0.2, 0.25) is 0 Å². The summed E-state index contributed by atoms with van der Waals surface area (Å²) in [7, 11) is 3.52. The van der Waals surface area contributed by atoms with Gasteiger partial charge in [0, 0.05) is 33.8 Å². The highest BCUT2D eigenvalue weighted by atomic mass is 16.5. The summed E-state index contributed by atoms with van der Waals surface area (Å²) < 4.78 is 5.77. The Morgan fingerprint density at radius 3 is 2.58 bits per heavy atom. The van der Waals surface area contributed by atoms with Crippen LogP contribution in [0.4, 0.5) is 0 Å². The molecule has 6 heteroatoms. The minimum Gasteiger partial charge on any atom is -0.376 e. The predicted molar refractivity (Wildman–Crippen MR) is 97.2 cm³/mol. The second-order valence-corrected chi connectivity index (χ2v) is 7.38. The predicted octanol–water partition coefficient (Wildman–Crippen LogP) is 1.76. The monoisotopic (exact) mass is 338 g/mol. The molecule has 6 nitrogen and oxygen atoms in total. The Morgan fingerprint density at radius 2 is 2.04 bits per heavy atom. The third-order valence-electron chi connectivity index (χ3n) is 5.44. The second-order valence-electron chi connectivity index (χ2n) is 7.38. The van der Waals surface area contributed by atoms with Crippen LogP contribution in [-0.4, -0.2) is 63.2 Å². The average Bonchev–Trinajstić information content (AvgIpc) is 2.56. The van der Waals surface area contributed by atoms with E-state index < -0.39 is 0 Å². The Bertz CT molecular complexity index is 421. The van der Waals surface area contributed by atoms with E-state index in [9.17, 15) is 4.79 Å². The first kappa shape index (κ1) is 19.0. The van der Waals surface area contributed by atoms with E-state index in [2.05, 4.69) is 22.5 Å². The number of hydrogen-bond donors (Lipinski definition) is 2. The van der Waals surface area contributed by atoms with Crippen molar-refractivity contribution in [1.29, 1.82) is 0 Å². The van der Waals surface area contributed by atoms with Crippen LogP contribution >= 0.6 is 0 Å². The molecule has 0 aromatic heterocycles. The molecule has 1 atom stereocenters. The lowest BCUT2D eigenvalue weighted by Gasteiger charge is -2.41. The maximum Gasteiger partial charge on any atom is 0.243 e. The summed E-state index contributed by atoms with van der Waals surface area (Å²) >= 11 is 0. The zero-order valence-electron chi connectivity index (χ0n) is 15.6. The summed E-state index contributed by atoms with van der Waals surface area (Å²) in [5.74, 6) is 0.748. The van der Waals surface area contributed by atoms with Gasteiger partial charge in [0.15, 0.2) is 5.96 Å². The molecule has 138 valence electrons. The molecule has 0 radical (unpaired) electrons. The van der Waals surface area contributed by atoms with Gasteiger partial charge in [-0.05, 0) is 43.9 Å². The van der Waals surface area contributed by atoms with Crippen LogP contribution in [0.25, 0.3) is 0 Å². The fraction of sp³-hybridized carbons (Fsp3) is 0.889. The van der Waals surface area contributed by atoms with Crippen molar-refractivity contribution in [3.05, 3.63) is 0 Å². The Balaban J connectivity index is 1.86. The van der Waals surface area contributed by atoms with Crippen LogP contribution in [0.1, 0.15) is 51.9 Å². The fourth-order valence-electron chi connectivity index (χ4n) is 3.24. The highest BCUT2D eigenvalue weighted by Gasteiger charge is 2.35. The van der Waals surface area contributed by atoms with E-state index in [0.29, 0.717) is 5.41 Å². The molecule has 24 heavy (non-hydrogen) atoms. The Hall–Kier alpha value is -1.30. The first-order valence-corrected chi connectivity index (χ1v) is 9.38. The third-order valence-corrected chi connectivity index (χ3v) is 5.44. The number of ether oxygens (including phenoxy) is 1. The summed E-state index contributed by atoms with van der Waals surface area (Å²) in [6.07, 6.45) is 8.81. The van der Waals surface area contributed by atoms with Gasteiger partial charge in [0.25, 0.3) is 0 Å². The summed E-state index contributed by atoms with van der Waals surface area (Å²) in [5.41, 5.74) is 0.412. The van der Waals surface area contributed by atoms with E-state index in [1.807, 2.05) is 0 Å². The van der Waals surface area contributed by atoms with Gasteiger partial charge in [-0.1, -0.05) is 13.3 Å². The lowest BCUT2D eigenvalue weighted by Crippen LogP contribution is -2.48. The van der Waals surface area contributed by atoms with E-state index in [-0.39, 0.29) is 18.6 Å². The van der Waals surface area contributed by atoms with Crippen molar-refractivity contribution in [2.75, 3.05) is 40.3 Å². The highest BCUT2D eigenvalue weighted by molar-refractivity contribution is 5.84. The molecular formula is C18H34N4O2. The minimum absolute atomic E-state index is 0.0128. The zero-order chi connectivity index (χ0) is 17.4. The topological polar surface area (TPSA) is 66.0 Å². The molecule has 0 bridgehead atoms. The van der Waals surface area contributed by atoms with Crippen LogP contribution in [0.5, 0.6) is 0 Å². The SMILES string of the molecule is CCC1(CNC(=NCC(=O)N(C)C)NCC2CCCCO2)CCC1. The van der Waals surface area contributed by atoms with E-state index >= 15 is 0 Å². The van der Waals surface area contributed by atoms with Gasteiger partial charge < -0.3 is 20.3 Å². The molecule has 2 aliphatic rings. The van der Waals surface area contributed by atoms with Crippen molar-refractivity contribution >= 4 is 11.9 Å². The number of carbonyl (C=O) groups excluding carboxylic acids is 1. The second kappa shape index (κ2) is 9.25. The zero-order valence-corrected chi connectivity index (χ0v) is 15.6. The maximum absolute atomic E-state index is 11.8. The van der Waals surface area contributed by atoms with Crippen LogP contribution < -0.4 is 10.6 Å². The largest absolute Gasteiger partial charge is 0.376 e. The Labute approximate surface area is 146 Å². The lowest BCUT2D eigenvalue weighted by atomic mass is 9.67. The number of carbonyl (C=O) groups is 1. The molecule has 0 spiro atoms. The van der Waals surface area contributed by atoms with E-state index in [0.717, 1.165) is 38.5 Å². The van der Waals surface area contributed by atoms with Crippen LogP contribution in [0, 0.1) is 5.41 Å². The van der Waals surface area contributed by atoms with Gasteiger partial charge >= 0.3 is 0 Å². The van der Waals surface area contributed by atoms with Crippen LogP contribution in [-0.2, 0) is 9.53 Å². The van der Waals surface area contributed by atoms with Gasteiger partial charge in [-0.25, -0.2) is 4.99 Å². The molecule has 2 N–H and O–H groups in total. The van der Waals surface area contributed by atoms with E-state index in [1.165, 1.54) is 32.1 Å². The van der Waals surface area contributed by atoms with Crippen molar-refractivity contribution in [3.8, 4) is 0 Å². The minimum atomic E-state index is 0.0128. The van der Waals surface area contributed by atoms with Gasteiger partial charge in [0.1, 0.15) is 6.54 Å². The number of rotatable bonds is 7. The van der Waals surface area contributed by atoms with Crippen molar-refractivity contribution in [2.24, 2.45) is 10.4 Å². The molecule has 1 amide bonds. The molecular weight excluding hydrogens is 304 g/mol. The fourth-order valence-corrected chi connectivity index (χ4v) is 3.24. The number of aliphatic imine (C=N–C) groups is 1. The summed E-state index contributed by atoms with van der Waals surface area (Å²) in [5, 5.41) is 6.83. The lowest BCUT2D eigenvalue weighted by molar-refractivity contribution is -0.127. The molecule has 1 unspecified atom stereocenters. The normalized spacial score (nSPS) is 23.3. The quantitative estimate of drug-likeness (QED) is 0.548. The standard InChI is InChI=1S/C18H34N4O2/c1-4-18(9-7-10-18)14-21-17(20-13-16(23)22(2)3)19-12-15-8-5-6-11-24-15/h15H,4-14H2,1-3H3,(H2,19,20,21). The molecule has 0 aromatic rings. The molecule has 1 aliphatic carbocycles. The first-order valence-electron chi connectivity index (χ1n) is 9.38. The third kappa shape index (κ3) is 5.65. The summed E-state index contributed by atoms with van der Waals surface area (Å²) in [6, 6.07) is 0. The van der Waals surface area contributed by atoms with Crippen molar-refractivity contribution < 1.29 is 9.53 Å². The Kier molecular flexibility index (Phi) is 7.34. The Morgan fingerprint density at radius 1 is 1.25 bits per heavy atom. The number of likely N-dealkylation sites (N-methyl/N-ethyl adjacent to an activating group) is 1. The average molecular weight is 338 g/mol. The number of hydrogen-bond acceptors (Lipinski definition) is 3. The van der Waals surface area contributed by atoms with Crippen molar-refractivity contribution in [1.82, 2.24) is 15.5 Å². The molecule has 1 saturated carbocycles. The van der Waals surface area contributed by atoms with Crippen LogP contribution in [0.3, 0.4) is 0 Å². The maximum atomic E-state index is 11.8. The molecule has 1 aliphatic heterocycles. The number of amides is 1. The van der Waals surface area contributed by atoms with Gasteiger partial charge in [0.05, 0.1) is 6.10 Å².